The molecule has 1 N–H and O–H groups in total. The Bertz CT molecular complexity index is 989. The van der Waals surface area contributed by atoms with Crippen molar-refractivity contribution in [2.45, 2.75) is 155 Å². The molecule has 0 saturated carbocycles. The number of rotatable bonds is 16. The van der Waals surface area contributed by atoms with Crippen LogP contribution in [0, 0.1) is 11.8 Å². The molecule has 3 atom stereocenters. The summed E-state index contributed by atoms with van der Waals surface area (Å²) in [6.45, 7) is 15.9. The van der Waals surface area contributed by atoms with Crippen LogP contribution in [0.25, 0.3) is 0 Å². The molecule has 0 spiro atoms. The van der Waals surface area contributed by atoms with Gasteiger partial charge in [-0.25, -0.2) is 0 Å². The van der Waals surface area contributed by atoms with Crippen LogP contribution in [0.4, 0.5) is 0 Å². The third-order valence-electron chi connectivity index (χ3n) is 9.60. The van der Waals surface area contributed by atoms with Gasteiger partial charge >= 0.3 is 5.97 Å². The highest BCUT2D eigenvalue weighted by Crippen LogP contribution is 2.55. The Morgan fingerprint density at radius 2 is 1.73 bits per heavy atom. The van der Waals surface area contributed by atoms with Gasteiger partial charge in [0.2, 0.25) is 0 Å². The highest BCUT2D eigenvalue weighted by Gasteiger charge is 2.46. The van der Waals surface area contributed by atoms with Gasteiger partial charge in [-0.3, -0.25) is 4.79 Å². The van der Waals surface area contributed by atoms with Crippen LogP contribution in [0.3, 0.4) is 0 Å². The van der Waals surface area contributed by atoms with Gasteiger partial charge < -0.3 is 14.6 Å². The van der Waals surface area contributed by atoms with E-state index < -0.39 is 0 Å². The fourth-order valence-electron chi connectivity index (χ4n) is 6.94. The summed E-state index contributed by atoms with van der Waals surface area (Å²) in [7, 11) is 0. The fourth-order valence-corrected chi connectivity index (χ4v) is 6.94. The fraction of sp³-hybridized carbons (Fsp3) is 0.750. The van der Waals surface area contributed by atoms with E-state index in [-0.39, 0.29) is 34.7 Å². The van der Waals surface area contributed by atoms with Crippen LogP contribution in [0.15, 0.2) is 23.8 Å². The first-order valence-electron chi connectivity index (χ1n) is 16.4. The molecule has 2 aliphatic rings. The molecule has 1 unspecified atom stereocenters. The van der Waals surface area contributed by atoms with Gasteiger partial charge in [-0.1, -0.05) is 98.5 Å². The molecular weight excluding hydrogens is 496 g/mol. The molecule has 226 valence electrons. The van der Waals surface area contributed by atoms with E-state index in [4.69, 9.17) is 9.47 Å². The molecule has 0 fully saturated rings. The number of carbonyl (C=O) groups is 1. The molecule has 0 radical (unpaired) electrons. The molecule has 1 aliphatic carbocycles. The second-order valence-corrected chi connectivity index (χ2v) is 13.8. The standard InChI is InChI=1S/C36H58O4/c1-8-11-13-15-18-27(17-10-3)34(38)39-25-26-19-20-30-29(22-26)33-31(37)23-28(24-32(33)40-36(30,6)7)35(4,5)21-16-14-12-9-2/h19,23-24,27,29-30,37H,8-18,20-22,25H2,1-7H3/t27?,29-,30-/m0/s1. The summed E-state index contributed by atoms with van der Waals surface area (Å²) in [5.41, 5.74) is 2.89. The Hall–Kier alpha value is -1.97. The highest BCUT2D eigenvalue weighted by atomic mass is 16.5. The van der Waals surface area contributed by atoms with E-state index in [9.17, 15) is 9.90 Å². The van der Waals surface area contributed by atoms with Crippen LogP contribution in [-0.2, 0) is 14.9 Å². The summed E-state index contributed by atoms with van der Waals surface area (Å²) >= 11 is 0. The number of ether oxygens (including phenoxy) is 2. The summed E-state index contributed by atoms with van der Waals surface area (Å²) in [5, 5.41) is 11.4. The van der Waals surface area contributed by atoms with E-state index in [0.29, 0.717) is 12.4 Å². The van der Waals surface area contributed by atoms with Gasteiger partial charge in [0.05, 0.1) is 5.92 Å². The van der Waals surface area contributed by atoms with Gasteiger partial charge in [0.25, 0.3) is 0 Å². The molecule has 1 heterocycles. The van der Waals surface area contributed by atoms with Crippen molar-refractivity contribution in [1.29, 1.82) is 0 Å². The second-order valence-electron chi connectivity index (χ2n) is 13.8. The molecule has 4 nitrogen and oxygen atoms in total. The number of hydrogen-bond acceptors (Lipinski definition) is 4. The Labute approximate surface area is 245 Å². The number of benzene rings is 1. The maximum atomic E-state index is 13.0. The molecule has 1 aromatic rings. The SMILES string of the molecule is CCCCCCC(CCC)C(=O)OCC1=CC[C@H]2[C@H](C1)c1c(O)cc(C(C)(C)CCCCCC)cc1OC2(C)C. The normalized spacial score (nSPS) is 20.6. The van der Waals surface area contributed by atoms with E-state index in [0.717, 1.165) is 61.8 Å². The van der Waals surface area contributed by atoms with Crippen LogP contribution >= 0.6 is 0 Å². The Balaban J connectivity index is 1.73. The number of phenols is 1. The molecule has 0 bridgehead atoms. The molecular formula is C36H58O4. The van der Waals surface area contributed by atoms with Gasteiger partial charge in [-0.15, -0.1) is 0 Å². The van der Waals surface area contributed by atoms with E-state index in [1.807, 2.05) is 6.07 Å². The summed E-state index contributed by atoms with van der Waals surface area (Å²) in [6.07, 6.45) is 17.5. The average molecular weight is 555 g/mol. The van der Waals surface area contributed by atoms with E-state index >= 15 is 0 Å². The van der Waals surface area contributed by atoms with Crippen molar-refractivity contribution in [3.63, 3.8) is 0 Å². The van der Waals surface area contributed by atoms with Gasteiger partial charge in [0.1, 0.15) is 23.7 Å². The maximum Gasteiger partial charge on any atom is 0.309 e. The maximum absolute atomic E-state index is 13.0. The van der Waals surface area contributed by atoms with E-state index in [1.54, 1.807) is 0 Å². The molecule has 4 heteroatoms. The summed E-state index contributed by atoms with van der Waals surface area (Å²) < 4.78 is 12.5. The molecule has 0 amide bonds. The zero-order valence-corrected chi connectivity index (χ0v) is 26.7. The number of carbonyl (C=O) groups excluding carboxylic acids is 1. The number of hydrogen-bond donors (Lipinski definition) is 1. The minimum atomic E-state index is -0.336. The first-order valence-corrected chi connectivity index (χ1v) is 16.4. The molecule has 1 aromatic carbocycles. The van der Waals surface area contributed by atoms with Crippen molar-refractivity contribution in [2.75, 3.05) is 6.61 Å². The van der Waals surface area contributed by atoms with Crippen LogP contribution < -0.4 is 4.74 Å². The lowest BCUT2D eigenvalue weighted by atomic mass is 9.66. The van der Waals surface area contributed by atoms with Crippen molar-refractivity contribution < 1.29 is 19.4 Å². The molecule has 1 aliphatic heterocycles. The van der Waals surface area contributed by atoms with Gasteiger partial charge in [-0.05, 0) is 74.6 Å². The van der Waals surface area contributed by atoms with Crippen molar-refractivity contribution in [3.8, 4) is 11.5 Å². The number of phenolic OH excluding ortho intramolecular Hbond substituents is 1. The van der Waals surface area contributed by atoms with Crippen molar-refractivity contribution in [1.82, 2.24) is 0 Å². The van der Waals surface area contributed by atoms with Crippen molar-refractivity contribution >= 4 is 5.97 Å². The highest BCUT2D eigenvalue weighted by molar-refractivity contribution is 5.72. The lowest BCUT2D eigenvalue weighted by Gasteiger charge is -2.47. The quantitative estimate of drug-likeness (QED) is 0.125. The first-order chi connectivity index (χ1) is 19.0. The number of allylic oxidation sites excluding steroid dienone is 1. The van der Waals surface area contributed by atoms with Crippen LogP contribution in [0.5, 0.6) is 11.5 Å². The average Bonchev–Trinajstić information content (AvgIpc) is 2.90. The minimum absolute atomic E-state index is 0.00864. The number of esters is 1. The van der Waals surface area contributed by atoms with Gasteiger partial charge in [0, 0.05) is 17.4 Å². The van der Waals surface area contributed by atoms with Gasteiger partial charge in [0.15, 0.2) is 0 Å². The number of unbranched alkanes of at least 4 members (excludes halogenated alkanes) is 6. The van der Waals surface area contributed by atoms with Crippen LogP contribution in [0.1, 0.15) is 155 Å². The smallest absolute Gasteiger partial charge is 0.309 e. The Morgan fingerprint density at radius 3 is 2.40 bits per heavy atom. The van der Waals surface area contributed by atoms with Crippen molar-refractivity contribution in [2.24, 2.45) is 11.8 Å². The number of aromatic hydroxyl groups is 1. The van der Waals surface area contributed by atoms with E-state index in [2.05, 4.69) is 60.6 Å². The predicted octanol–water partition coefficient (Wildman–Crippen LogP) is 10.2. The third-order valence-corrected chi connectivity index (χ3v) is 9.60. The predicted molar refractivity (Wildman–Crippen MR) is 166 cm³/mol. The first kappa shape index (κ1) is 32.5. The van der Waals surface area contributed by atoms with Crippen molar-refractivity contribution in [3.05, 3.63) is 34.9 Å². The van der Waals surface area contributed by atoms with Gasteiger partial charge in [-0.2, -0.15) is 0 Å². The van der Waals surface area contributed by atoms with Crippen LogP contribution in [0.2, 0.25) is 0 Å². The minimum Gasteiger partial charge on any atom is -0.508 e. The van der Waals surface area contributed by atoms with Crippen LogP contribution in [-0.4, -0.2) is 23.3 Å². The lowest BCUT2D eigenvalue weighted by molar-refractivity contribution is -0.148. The topological polar surface area (TPSA) is 55.8 Å². The monoisotopic (exact) mass is 554 g/mol. The van der Waals surface area contributed by atoms with E-state index in [1.165, 1.54) is 50.5 Å². The zero-order chi connectivity index (χ0) is 29.3. The Kier molecular flexibility index (Phi) is 12.0. The molecule has 0 saturated heterocycles. The summed E-state index contributed by atoms with van der Waals surface area (Å²) in [4.78, 5) is 13.0. The largest absolute Gasteiger partial charge is 0.508 e. The molecule has 3 rings (SSSR count). The number of fused-ring (bicyclic) bond motifs is 3. The summed E-state index contributed by atoms with van der Waals surface area (Å²) in [5.74, 6) is 1.57. The third kappa shape index (κ3) is 8.29. The molecule has 0 aromatic heterocycles. The zero-order valence-electron chi connectivity index (χ0n) is 26.7. The Morgan fingerprint density at radius 1 is 1.02 bits per heavy atom. The second kappa shape index (κ2) is 14.8. The lowest BCUT2D eigenvalue weighted by Crippen LogP contribution is -2.45. The summed E-state index contributed by atoms with van der Waals surface area (Å²) in [6, 6.07) is 4.18. The molecule has 40 heavy (non-hydrogen) atoms.